The number of amides is 1. The number of rotatable bonds is 10. The van der Waals surface area contributed by atoms with Crippen molar-refractivity contribution in [2.75, 3.05) is 37.0 Å². The second-order valence-corrected chi connectivity index (χ2v) is 9.32. The zero-order chi connectivity index (χ0) is 24.8. The molecular weight excluding hydrogens is 446 g/mol. The quantitative estimate of drug-likeness (QED) is 0.299. The van der Waals surface area contributed by atoms with Gasteiger partial charge < -0.3 is 25.8 Å². The first-order valence-corrected chi connectivity index (χ1v) is 12.2. The van der Waals surface area contributed by atoms with Crippen LogP contribution in [0.1, 0.15) is 61.1 Å². The van der Waals surface area contributed by atoms with Crippen molar-refractivity contribution in [2.45, 2.75) is 57.8 Å². The number of fused-ring (bicyclic) bond motifs is 1. The van der Waals surface area contributed by atoms with Crippen molar-refractivity contribution in [1.82, 2.24) is 25.2 Å². The fourth-order valence-corrected chi connectivity index (χ4v) is 4.41. The van der Waals surface area contributed by atoms with E-state index in [4.69, 9.17) is 4.74 Å². The third-order valence-corrected chi connectivity index (χ3v) is 6.32. The van der Waals surface area contributed by atoms with E-state index in [-0.39, 0.29) is 17.7 Å². The standard InChI is InChI=1S/C25H35N7O3/c1-4-12-26-23(33)19-15-27-24(28-17(2)35-16-32-13-5-6-14-32)31-22(19)30-20-10-9-18-8-7-11-25(3,34)21(18)29-20/h4,9-10,15,17,34H,1,5-8,11-14,16H2,2-3H3,(H,26,33)(H2,27,28,29,30,31). The number of anilines is 3. The number of aliphatic hydroxyl groups is 1. The Morgan fingerprint density at radius 3 is 2.89 bits per heavy atom. The minimum atomic E-state index is -0.990. The Bertz CT molecular complexity index is 1050. The molecule has 2 aromatic rings. The van der Waals surface area contributed by atoms with Crippen LogP contribution in [0.2, 0.25) is 0 Å². The van der Waals surface area contributed by atoms with Crippen molar-refractivity contribution in [3.05, 3.63) is 47.8 Å². The fraction of sp³-hybridized carbons (Fsp3) is 0.520. The molecule has 1 amide bonds. The van der Waals surface area contributed by atoms with Gasteiger partial charge in [-0.2, -0.15) is 4.98 Å². The van der Waals surface area contributed by atoms with Gasteiger partial charge in [0, 0.05) is 25.8 Å². The molecule has 10 nitrogen and oxygen atoms in total. The summed E-state index contributed by atoms with van der Waals surface area (Å²) in [5.41, 5.74) is 0.970. The first-order chi connectivity index (χ1) is 16.9. The number of likely N-dealkylation sites (tertiary alicyclic amines) is 1. The second-order valence-electron chi connectivity index (χ2n) is 9.32. The second kappa shape index (κ2) is 11.1. The van der Waals surface area contributed by atoms with Gasteiger partial charge in [0.25, 0.3) is 5.91 Å². The molecule has 35 heavy (non-hydrogen) atoms. The van der Waals surface area contributed by atoms with Gasteiger partial charge in [0.2, 0.25) is 5.95 Å². The zero-order valence-electron chi connectivity index (χ0n) is 20.5. The van der Waals surface area contributed by atoms with Gasteiger partial charge in [-0.15, -0.1) is 6.58 Å². The van der Waals surface area contributed by atoms with Crippen molar-refractivity contribution in [3.8, 4) is 0 Å². The Labute approximate surface area is 206 Å². The predicted octanol–water partition coefficient (Wildman–Crippen LogP) is 2.90. The molecule has 4 N–H and O–H groups in total. The summed E-state index contributed by atoms with van der Waals surface area (Å²) in [6.07, 6.45) is 7.61. The van der Waals surface area contributed by atoms with Crippen molar-refractivity contribution in [2.24, 2.45) is 0 Å². The van der Waals surface area contributed by atoms with Crippen LogP contribution in [0, 0.1) is 0 Å². The molecule has 0 radical (unpaired) electrons. The third-order valence-electron chi connectivity index (χ3n) is 6.32. The summed E-state index contributed by atoms with van der Waals surface area (Å²) in [6, 6.07) is 3.80. The van der Waals surface area contributed by atoms with Crippen molar-refractivity contribution >= 4 is 23.5 Å². The van der Waals surface area contributed by atoms with Crippen LogP contribution in [0.5, 0.6) is 0 Å². The average Bonchev–Trinajstić information content (AvgIpc) is 3.35. The largest absolute Gasteiger partial charge is 0.384 e. The summed E-state index contributed by atoms with van der Waals surface area (Å²) in [5.74, 6) is 0.791. The number of ether oxygens (including phenoxy) is 1. The first-order valence-electron chi connectivity index (χ1n) is 12.2. The van der Waals surface area contributed by atoms with Crippen LogP contribution in [0.4, 0.5) is 17.6 Å². The highest BCUT2D eigenvalue weighted by Gasteiger charge is 2.31. The topological polar surface area (TPSA) is 125 Å². The molecule has 10 heteroatoms. The van der Waals surface area contributed by atoms with Crippen molar-refractivity contribution < 1.29 is 14.6 Å². The maximum absolute atomic E-state index is 12.7. The minimum Gasteiger partial charge on any atom is -0.384 e. The van der Waals surface area contributed by atoms with Crippen LogP contribution in [0.15, 0.2) is 31.0 Å². The number of hydrogen-bond acceptors (Lipinski definition) is 9. The van der Waals surface area contributed by atoms with Gasteiger partial charge in [-0.05, 0) is 57.6 Å². The van der Waals surface area contributed by atoms with E-state index in [0.717, 1.165) is 31.5 Å². The molecule has 2 atom stereocenters. The lowest BCUT2D eigenvalue weighted by Crippen LogP contribution is -2.30. The number of pyridine rings is 1. The van der Waals surface area contributed by atoms with E-state index in [1.54, 1.807) is 13.0 Å². The Hall–Kier alpha value is -3.08. The highest BCUT2D eigenvalue weighted by atomic mass is 16.5. The van der Waals surface area contributed by atoms with E-state index in [1.165, 1.54) is 19.0 Å². The van der Waals surface area contributed by atoms with E-state index in [1.807, 2.05) is 19.1 Å². The zero-order valence-corrected chi connectivity index (χ0v) is 20.5. The normalized spacial score (nSPS) is 20.7. The lowest BCUT2D eigenvalue weighted by Gasteiger charge is -2.30. The Morgan fingerprint density at radius 2 is 2.11 bits per heavy atom. The summed E-state index contributed by atoms with van der Waals surface area (Å²) < 4.78 is 5.89. The van der Waals surface area contributed by atoms with E-state index in [0.29, 0.717) is 43.0 Å². The fourth-order valence-electron chi connectivity index (χ4n) is 4.41. The molecule has 1 saturated heterocycles. The van der Waals surface area contributed by atoms with Gasteiger partial charge in [-0.3, -0.25) is 9.69 Å². The average molecular weight is 482 g/mol. The predicted molar refractivity (Wildman–Crippen MR) is 134 cm³/mol. The van der Waals surface area contributed by atoms with Crippen molar-refractivity contribution in [3.63, 3.8) is 0 Å². The number of nitrogens with zero attached hydrogens (tertiary/aromatic N) is 4. The SMILES string of the molecule is C=CCNC(=O)c1cnc(NC(C)OCN2CCCC2)nc1Nc1ccc2c(n1)C(C)(O)CCC2. The van der Waals surface area contributed by atoms with E-state index >= 15 is 0 Å². The molecule has 1 aliphatic carbocycles. The van der Waals surface area contributed by atoms with Crippen LogP contribution >= 0.6 is 0 Å². The van der Waals surface area contributed by atoms with Crippen molar-refractivity contribution in [1.29, 1.82) is 0 Å². The molecule has 1 fully saturated rings. The van der Waals surface area contributed by atoms with Gasteiger partial charge in [-0.25, -0.2) is 9.97 Å². The summed E-state index contributed by atoms with van der Waals surface area (Å²) >= 11 is 0. The molecule has 0 bridgehead atoms. The van der Waals surface area contributed by atoms with Gasteiger partial charge in [0.1, 0.15) is 35.8 Å². The maximum Gasteiger partial charge on any atom is 0.256 e. The first kappa shape index (κ1) is 25.0. The number of nitrogens with one attached hydrogen (secondary N) is 3. The van der Waals surface area contributed by atoms with Gasteiger partial charge >= 0.3 is 0 Å². The van der Waals surface area contributed by atoms with Gasteiger partial charge in [0.05, 0.1) is 5.69 Å². The van der Waals surface area contributed by atoms with Gasteiger partial charge in [0.15, 0.2) is 0 Å². The molecule has 0 spiro atoms. The highest BCUT2D eigenvalue weighted by molar-refractivity contribution is 5.99. The Morgan fingerprint density at radius 1 is 1.31 bits per heavy atom. The highest BCUT2D eigenvalue weighted by Crippen LogP contribution is 2.34. The van der Waals surface area contributed by atoms with Crippen LogP contribution < -0.4 is 16.0 Å². The molecule has 0 aromatic carbocycles. The number of aromatic nitrogens is 3. The summed E-state index contributed by atoms with van der Waals surface area (Å²) in [4.78, 5) is 28.5. The summed E-state index contributed by atoms with van der Waals surface area (Å²) in [5, 5.41) is 19.9. The molecule has 2 aromatic heterocycles. The Balaban J connectivity index is 1.54. The molecule has 188 valence electrons. The number of carbonyl (C=O) groups is 1. The third kappa shape index (κ3) is 6.33. The number of carbonyl (C=O) groups excluding carboxylic acids is 1. The molecule has 2 aliphatic rings. The van der Waals surface area contributed by atoms with Crippen LogP contribution in [-0.2, 0) is 16.8 Å². The van der Waals surface area contributed by atoms with Crippen LogP contribution in [-0.4, -0.2) is 63.5 Å². The molecule has 1 aliphatic heterocycles. The Kier molecular flexibility index (Phi) is 7.94. The monoisotopic (exact) mass is 481 g/mol. The van der Waals surface area contributed by atoms with E-state index < -0.39 is 5.60 Å². The van der Waals surface area contributed by atoms with E-state index in [2.05, 4.69) is 42.4 Å². The minimum absolute atomic E-state index is 0.273. The lowest BCUT2D eigenvalue weighted by molar-refractivity contribution is 0.00755. The summed E-state index contributed by atoms with van der Waals surface area (Å²) in [7, 11) is 0. The molecule has 3 heterocycles. The van der Waals surface area contributed by atoms with Gasteiger partial charge in [-0.1, -0.05) is 12.1 Å². The number of aryl methyl sites for hydroxylation is 1. The molecule has 2 unspecified atom stereocenters. The van der Waals surface area contributed by atoms with Crippen LogP contribution in [0.3, 0.4) is 0 Å². The summed E-state index contributed by atoms with van der Waals surface area (Å²) in [6.45, 7) is 10.3. The smallest absolute Gasteiger partial charge is 0.256 e. The lowest BCUT2D eigenvalue weighted by atomic mass is 9.84. The van der Waals surface area contributed by atoms with E-state index in [9.17, 15) is 9.90 Å². The molecular formula is C25H35N7O3. The molecule has 0 saturated carbocycles. The number of hydrogen-bond donors (Lipinski definition) is 4. The molecule has 4 rings (SSSR count). The maximum atomic E-state index is 12.7. The van der Waals surface area contributed by atoms with Crippen LogP contribution in [0.25, 0.3) is 0 Å².